The third-order valence-corrected chi connectivity index (χ3v) is 5.62. The maximum atomic E-state index is 12.3. The number of carbonyl (C=O) groups excluding carboxylic acids is 1. The molecule has 1 aliphatic heterocycles. The van der Waals surface area contributed by atoms with E-state index in [0.717, 1.165) is 56.0 Å². The second-order valence-corrected chi connectivity index (χ2v) is 7.62. The molecule has 2 aliphatic rings. The van der Waals surface area contributed by atoms with E-state index in [1.807, 2.05) is 12.1 Å². The number of hydrogen-bond donors (Lipinski definition) is 2. The number of aromatic nitrogens is 1. The average molecular weight is 364 g/mol. The average Bonchev–Trinajstić information content (AvgIpc) is 3.26. The van der Waals surface area contributed by atoms with Gasteiger partial charge in [-0.3, -0.25) is 4.79 Å². The molecule has 27 heavy (non-hydrogen) atoms. The minimum absolute atomic E-state index is 0.134. The van der Waals surface area contributed by atoms with Gasteiger partial charge in [-0.15, -0.1) is 0 Å². The summed E-state index contributed by atoms with van der Waals surface area (Å²) in [5.74, 6) is 1.07. The van der Waals surface area contributed by atoms with Gasteiger partial charge in [0, 0.05) is 30.4 Å². The smallest absolute Gasteiger partial charge is 0.227 e. The number of amides is 1. The van der Waals surface area contributed by atoms with E-state index in [-0.39, 0.29) is 11.8 Å². The molecule has 0 unspecified atom stereocenters. The highest BCUT2D eigenvalue weighted by atomic mass is 16.1. The fourth-order valence-corrected chi connectivity index (χ4v) is 4.03. The maximum absolute atomic E-state index is 12.3. The molecule has 1 saturated carbocycles. The van der Waals surface area contributed by atoms with Gasteiger partial charge in [0.05, 0.1) is 11.9 Å². The van der Waals surface area contributed by atoms with Gasteiger partial charge >= 0.3 is 0 Å². The Morgan fingerprint density at radius 3 is 2.26 bits per heavy atom. The monoisotopic (exact) mass is 364 g/mol. The van der Waals surface area contributed by atoms with E-state index in [1.54, 1.807) is 6.20 Å². The van der Waals surface area contributed by atoms with E-state index in [4.69, 9.17) is 0 Å². The minimum Gasteiger partial charge on any atom is -0.372 e. The van der Waals surface area contributed by atoms with E-state index in [2.05, 4.69) is 44.8 Å². The lowest BCUT2D eigenvalue weighted by Gasteiger charge is -2.20. The molecular formula is C22H28N4O. The van der Waals surface area contributed by atoms with Crippen LogP contribution in [0.3, 0.4) is 0 Å². The van der Waals surface area contributed by atoms with Crippen LogP contribution in [0.25, 0.3) is 0 Å². The number of pyridine rings is 1. The molecule has 5 heteroatoms. The lowest BCUT2D eigenvalue weighted by atomic mass is 9.88. The molecule has 2 fully saturated rings. The van der Waals surface area contributed by atoms with Crippen molar-refractivity contribution in [3.8, 4) is 0 Å². The van der Waals surface area contributed by atoms with Crippen LogP contribution in [0, 0.1) is 5.92 Å². The first-order valence-corrected chi connectivity index (χ1v) is 10.2. The number of nitrogens with zero attached hydrogens (tertiary/aromatic N) is 2. The fourth-order valence-electron chi connectivity index (χ4n) is 4.03. The van der Waals surface area contributed by atoms with Gasteiger partial charge in [0.2, 0.25) is 5.91 Å². The third kappa shape index (κ3) is 4.59. The highest BCUT2D eigenvalue weighted by molar-refractivity contribution is 5.92. The Bertz CT molecular complexity index is 745. The van der Waals surface area contributed by atoms with Crippen molar-refractivity contribution in [3.63, 3.8) is 0 Å². The molecule has 1 aliphatic carbocycles. The molecule has 2 heterocycles. The van der Waals surface area contributed by atoms with Crippen LogP contribution in [0.5, 0.6) is 0 Å². The van der Waals surface area contributed by atoms with Crippen molar-refractivity contribution in [2.45, 2.75) is 44.9 Å². The fraction of sp³-hybridized carbons (Fsp3) is 0.455. The van der Waals surface area contributed by atoms with Crippen molar-refractivity contribution in [1.82, 2.24) is 4.98 Å². The highest BCUT2D eigenvalue weighted by Gasteiger charge is 2.21. The first-order valence-electron chi connectivity index (χ1n) is 10.2. The molecule has 5 nitrogen and oxygen atoms in total. The predicted octanol–water partition coefficient (Wildman–Crippen LogP) is 4.94. The van der Waals surface area contributed by atoms with E-state index in [1.165, 1.54) is 24.9 Å². The van der Waals surface area contributed by atoms with E-state index < -0.39 is 0 Å². The Morgan fingerprint density at radius 1 is 0.889 bits per heavy atom. The Hall–Kier alpha value is -2.56. The van der Waals surface area contributed by atoms with Crippen LogP contribution in [0.1, 0.15) is 44.9 Å². The van der Waals surface area contributed by atoms with Crippen molar-refractivity contribution in [1.29, 1.82) is 0 Å². The van der Waals surface area contributed by atoms with Crippen LogP contribution in [0.15, 0.2) is 42.6 Å². The van der Waals surface area contributed by atoms with Gasteiger partial charge < -0.3 is 15.5 Å². The second-order valence-electron chi connectivity index (χ2n) is 7.62. The summed E-state index contributed by atoms with van der Waals surface area (Å²) in [6.07, 6.45) is 9.89. The Kier molecular flexibility index (Phi) is 5.56. The molecule has 0 radical (unpaired) electrons. The number of rotatable bonds is 5. The SMILES string of the molecule is O=C(Nc1ccc(Nc2ccc(N3CCCC3)cc2)nc1)C1CCCCC1. The van der Waals surface area contributed by atoms with Crippen molar-refractivity contribution in [3.05, 3.63) is 42.6 Å². The molecule has 1 aromatic carbocycles. The van der Waals surface area contributed by atoms with Gasteiger partial charge in [-0.2, -0.15) is 0 Å². The summed E-state index contributed by atoms with van der Waals surface area (Å²) in [6, 6.07) is 12.3. The molecule has 1 saturated heterocycles. The topological polar surface area (TPSA) is 57.3 Å². The van der Waals surface area contributed by atoms with Crippen LogP contribution in [-0.4, -0.2) is 24.0 Å². The molecule has 1 aromatic heterocycles. The molecule has 0 spiro atoms. The Balaban J connectivity index is 1.32. The van der Waals surface area contributed by atoms with Gasteiger partial charge in [-0.1, -0.05) is 19.3 Å². The quantitative estimate of drug-likeness (QED) is 0.789. The third-order valence-electron chi connectivity index (χ3n) is 5.62. The predicted molar refractivity (Wildman–Crippen MR) is 111 cm³/mol. The molecule has 0 bridgehead atoms. The first-order chi connectivity index (χ1) is 13.3. The van der Waals surface area contributed by atoms with E-state index in [0.29, 0.717) is 0 Å². The second kappa shape index (κ2) is 8.42. The zero-order chi connectivity index (χ0) is 18.5. The van der Waals surface area contributed by atoms with Gasteiger partial charge in [-0.05, 0) is 62.1 Å². The van der Waals surface area contributed by atoms with Crippen LogP contribution in [0.4, 0.5) is 22.9 Å². The van der Waals surface area contributed by atoms with Crippen LogP contribution < -0.4 is 15.5 Å². The van der Waals surface area contributed by atoms with E-state index in [9.17, 15) is 4.79 Å². The van der Waals surface area contributed by atoms with Gasteiger partial charge in [0.15, 0.2) is 0 Å². The zero-order valence-corrected chi connectivity index (χ0v) is 15.8. The summed E-state index contributed by atoms with van der Waals surface area (Å²) in [5.41, 5.74) is 3.07. The van der Waals surface area contributed by atoms with Gasteiger partial charge in [-0.25, -0.2) is 4.98 Å². The largest absolute Gasteiger partial charge is 0.372 e. The number of benzene rings is 1. The summed E-state index contributed by atoms with van der Waals surface area (Å²) < 4.78 is 0. The van der Waals surface area contributed by atoms with E-state index >= 15 is 0 Å². The lowest BCUT2D eigenvalue weighted by molar-refractivity contribution is -0.120. The number of carbonyl (C=O) groups is 1. The van der Waals surface area contributed by atoms with Crippen LogP contribution >= 0.6 is 0 Å². The molecule has 2 N–H and O–H groups in total. The van der Waals surface area contributed by atoms with Gasteiger partial charge in [0.1, 0.15) is 5.82 Å². The Labute approximate surface area is 161 Å². The summed E-state index contributed by atoms with van der Waals surface area (Å²) in [7, 11) is 0. The van der Waals surface area contributed by atoms with Crippen LogP contribution in [-0.2, 0) is 4.79 Å². The van der Waals surface area contributed by atoms with Crippen molar-refractivity contribution in [2.24, 2.45) is 5.92 Å². The first kappa shape index (κ1) is 17.8. The van der Waals surface area contributed by atoms with Gasteiger partial charge in [0.25, 0.3) is 0 Å². The van der Waals surface area contributed by atoms with Crippen LogP contribution in [0.2, 0.25) is 0 Å². The number of hydrogen-bond acceptors (Lipinski definition) is 4. The molecule has 2 aromatic rings. The zero-order valence-electron chi connectivity index (χ0n) is 15.8. The molecular weight excluding hydrogens is 336 g/mol. The lowest BCUT2D eigenvalue weighted by Crippen LogP contribution is -2.24. The molecule has 142 valence electrons. The summed E-state index contributed by atoms with van der Waals surface area (Å²) in [5, 5.41) is 6.33. The molecule has 0 atom stereocenters. The number of nitrogens with one attached hydrogen (secondary N) is 2. The normalized spacial score (nSPS) is 17.7. The highest BCUT2D eigenvalue weighted by Crippen LogP contribution is 2.26. The molecule has 1 amide bonds. The molecule has 4 rings (SSSR count). The summed E-state index contributed by atoms with van der Waals surface area (Å²) >= 11 is 0. The van der Waals surface area contributed by atoms with Crippen molar-refractivity contribution in [2.75, 3.05) is 28.6 Å². The van der Waals surface area contributed by atoms with Crippen molar-refractivity contribution >= 4 is 28.8 Å². The minimum atomic E-state index is 0.134. The Morgan fingerprint density at radius 2 is 1.59 bits per heavy atom. The van der Waals surface area contributed by atoms with Crippen molar-refractivity contribution < 1.29 is 4.79 Å². The standard InChI is InChI=1S/C22H28N4O/c27-22(17-6-2-1-3-7-17)25-19-10-13-21(23-16-19)24-18-8-11-20(12-9-18)26-14-4-5-15-26/h8-13,16-17H,1-7,14-15H2,(H,23,24)(H,25,27). The number of anilines is 4. The maximum Gasteiger partial charge on any atom is 0.227 e. The summed E-state index contributed by atoms with van der Waals surface area (Å²) in [6.45, 7) is 2.31. The summed E-state index contributed by atoms with van der Waals surface area (Å²) in [4.78, 5) is 19.2.